The van der Waals surface area contributed by atoms with Crippen LogP contribution in [0.15, 0.2) is 29.0 Å². The van der Waals surface area contributed by atoms with E-state index in [2.05, 4.69) is 24.2 Å². The average molecular weight is 367 g/mol. The summed E-state index contributed by atoms with van der Waals surface area (Å²) in [5.74, 6) is 4.16. The van der Waals surface area contributed by atoms with E-state index in [1.54, 1.807) is 6.08 Å². The molecule has 6 aliphatic rings. The maximum Gasteiger partial charge on any atom is 0.331 e. The second-order valence-corrected chi connectivity index (χ2v) is 9.95. The highest BCUT2D eigenvalue weighted by Crippen LogP contribution is 2.78. The zero-order chi connectivity index (χ0) is 18.4. The maximum atomic E-state index is 12.1. The number of hydrogen-bond acceptors (Lipinski definition) is 4. The summed E-state index contributed by atoms with van der Waals surface area (Å²) < 4.78 is 6.14. The first-order chi connectivity index (χ1) is 13.1. The summed E-state index contributed by atoms with van der Waals surface area (Å²) in [6, 6.07) is 0. The lowest BCUT2D eigenvalue weighted by atomic mass is 9.48. The molecule has 1 spiro atoms. The Morgan fingerprint density at radius 2 is 2.11 bits per heavy atom. The smallest absolute Gasteiger partial charge is 0.331 e. The van der Waals surface area contributed by atoms with Gasteiger partial charge in [0.25, 0.3) is 0 Å². The van der Waals surface area contributed by atoms with Crippen molar-refractivity contribution in [2.45, 2.75) is 63.9 Å². The molecule has 6 rings (SSSR count). The van der Waals surface area contributed by atoms with E-state index in [1.807, 2.05) is 0 Å². The Hall–Kier alpha value is -1.58. The molecule has 1 heterocycles. The molecule has 144 valence electrons. The van der Waals surface area contributed by atoms with Crippen molar-refractivity contribution in [2.75, 3.05) is 0 Å². The summed E-state index contributed by atoms with van der Waals surface area (Å²) in [6.07, 6.45) is 15.4. The SMILES string of the molecule is CC[C@]12CCC3C(CCC4=C/C(=N/O)CC[C@@H]43)C1[C@H]1C[C@H]1[C@@]21C=CC(=O)O1. The Morgan fingerprint density at radius 3 is 2.85 bits per heavy atom. The first-order valence-corrected chi connectivity index (χ1v) is 11.0. The molecule has 3 unspecified atom stereocenters. The van der Waals surface area contributed by atoms with E-state index in [4.69, 9.17) is 4.74 Å². The Kier molecular flexibility index (Phi) is 3.20. The first kappa shape index (κ1) is 16.4. The minimum absolute atomic E-state index is 0.117. The van der Waals surface area contributed by atoms with Gasteiger partial charge >= 0.3 is 5.97 Å². The molecule has 0 saturated heterocycles. The van der Waals surface area contributed by atoms with Crippen molar-refractivity contribution in [3.05, 3.63) is 23.8 Å². The molecule has 27 heavy (non-hydrogen) atoms. The van der Waals surface area contributed by atoms with Crippen LogP contribution >= 0.6 is 0 Å². The van der Waals surface area contributed by atoms with Crippen LogP contribution in [0.3, 0.4) is 0 Å². The van der Waals surface area contributed by atoms with Crippen LogP contribution < -0.4 is 0 Å². The molecule has 8 atom stereocenters. The monoisotopic (exact) mass is 367 g/mol. The minimum atomic E-state index is -0.293. The number of esters is 1. The fourth-order valence-electron chi connectivity index (χ4n) is 8.65. The number of carbonyl (C=O) groups is 1. The standard InChI is InChI=1S/C23H29NO3/c1-2-22-9-7-16-15-6-4-14(24-26)11-13(15)3-5-17(16)21(22)18-12-19(18)23(22)10-8-20(25)27-23/h8,10-11,15-19,21,26H,2-7,9,12H2,1H3/b24-14+/t15-,16?,17?,18-,19+,21?,22-,23-/m0/s1. The van der Waals surface area contributed by atoms with Crippen LogP contribution in [0.5, 0.6) is 0 Å². The van der Waals surface area contributed by atoms with Gasteiger partial charge in [-0.05, 0) is 93.1 Å². The number of hydrogen-bond donors (Lipinski definition) is 1. The number of ether oxygens (including phenoxy) is 1. The molecular weight excluding hydrogens is 338 g/mol. The van der Waals surface area contributed by atoms with Gasteiger partial charge < -0.3 is 9.94 Å². The molecule has 0 radical (unpaired) electrons. The summed E-state index contributed by atoms with van der Waals surface area (Å²) in [5, 5.41) is 12.7. The molecule has 0 aromatic heterocycles. The highest BCUT2D eigenvalue weighted by Gasteiger charge is 2.78. The third-order valence-electron chi connectivity index (χ3n) is 9.52. The molecule has 1 aliphatic heterocycles. The minimum Gasteiger partial charge on any atom is -0.451 e. The number of fused-ring (bicyclic) bond motifs is 9. The summed E-state index contributed by atoms with van der Waals surface area (Å²) in [4.78, 5) is 12.1. The Labute approximate surface area is 160 Å². The molecule has 4 nitrogen and oxygen atoms in total. The van der Waals surface area contributed by atoms with E-state index < -0.39 is 0 Å². The Balaban J connectivity index is 1.38. The lowest BCUT2D eigenvalue weighted by molar-refractivity contribution is -0.171. The molecule has 0 aromatic carbocycles. The van der Waals surface area contributed by atoms with Crippen molar-refractivity contribution < 1.29 is 14.7 Å². The lowest BCUT2D eigenvalue weighted by Gasteiger charge is -2.58. The van der Waals surface area contributed by atoms with Crippen molar-refractivity contribution in [1.82, 2.24) is 0 Å². The van der Waals surface area contributed by atoms with Crippen molar-refractivity contribution in [3.63, 3.8) is 0 Å². The highest BCUT2D eigenvalue weighted by atomic mass is 16.6. The van der Waals surface area contributed by atoms with E-state index in [9.17, 15) is 10.0 Å². The van der Waals surface area contributed by atoms with Crippen LogP contribution in [0.25, 0.3) is 0 Å². The van der Waals surface area contributed by atoms with Crippen LogP contribution in [0, 0.1) is 40.9 Å². The lowest BCUT2D eigenvalue weighted by Crippen LogP contribution is -2.56. The van der Waals surface area contributed by atoms with Crippen molar-refractivity contribution >= 4 is 11.7 Å². The topological polar surface area (TPSA) is 58.9 Å². The van der Waals surface area contributed by atoms with Crippen molar-refractivity contribution in [2.24, 2.45) is 46.1 Å². The molecule has 0 amide bonds. The van der Waals surface area contributed by atoms with E-state index >= 15 is 0 Å². The summed E-state index contributed by atoms with van der Waals surface area (Å²) in [5.41, 5.74) is 2.27. The van der Waals surface area contributed by atoms with Crippen LogP contribution in [0.4, 0.5) is 0 Å². The van der Waals surface area contributed by atoms with Gasteiger partial charge in [-0.1, -0.05) is 17.7 Å². The third-order valence-corrected chi connectivity index (χ3v) is 9.52. The van der Waals surface area contributed by atoms with Crippen LogP contribution in [-0.4, -0.2) is 22.5 Å². The van der Waals surface area contributed by atoms with Crippen LogP contribution in [-0.2, 0) is 9.53 Å². The van der Waals surface area contributed by atoms with Crippen LogP contribution in [0.2, 0.25) is 0 Å². The number of rotatable bonds is 1. The number of nitrogens with zero attached hydrogens (tertiary/aromatic N) is 1. The maximum absolute atomic E-state index is 12.1. The second-order valence-electron chi connectivity index (χ2n) is 9.95. The van der Waals surface area contributed by atoms with Crippen LogP contribution in [0.1, 0.15) is 58.3 Å². The quantitative estimate of drug-likeness (QED) is 0.422. The fourth-order valence-corrected chi connectivity index (χ4v) is 8.65. The van der Waals surface area contributed by atoms with Gasteiger partial charge in [0, 0.05) is 17.4 Å². The first-order valence-electron chi connectivity index (χ1n) is 11.0. The molecule has 0 aromatic rings. The molecule has 4 heteroatoms. The molecular formula is C23H29NO3. The zero-order valence-electron chi connectivity index (χ0n) is 16.1. The fraction of sp³-hybridized carbons (Fsp3) is 0.739. The molecule has 5 aliphatic carbocycles. The van der Waals surface area contributed by atoms with Gasteiger partial charge in [0.05, 0.1) is 5.71 Å². The number of allylic oxidation sites excluding steroid dienone is 2. The van der Waals surface area contributed by atoms with E-state index in [1.165, 1.54) is 31.3 Å². The number of oxime groups is 1. The number of carbonyl (C=O) groups excluding carboxylic acids is 1. The Bertz CT molecular complexity index is 797. The largest absolute Gasteiger partial charge is 0.451 e. The van der Waals surface area contributed by atoms with Gasteiger partial charge in [0.15, 0.2) is 0 Å². The van der Waals surface area contributed by atoms with Gasteiger partial charge in [0.2, 0.25) is 0 Å². The second kappa shape index (κ2) is 5.27. The zero-order valence-corrected chi connectivity index (χ0v) is 16.1. The van der Waals surface area contributed by atoms with Gasteiger partial charge in [-0.3, -0.25) is 0 Å². The normalized spacial score (nSPS) is 53.4. The molecule has 4 saturated carbocycles. The van der Waals surface area contributed by atoms with Gasteiger partial charge in [-0.25, -0.2) is 4.79 Å². The van der Waals surface area contributed by atoms with Crippen molar-refractivity contribution in [1.29, 1.82) is 0 Å². The van der Waals surface area contributed by atoms with E-state index in [-0.39, 0.29) is 17.0 Å². The van der Waals surface area contributed by atoms with Gasteiger partial charge in [-0.2, -0.15) is 0 Å². The van der Waals surface area contributed by atoms with E-state index in [0.29, 0.717) is 11.8 Å². The van der Waals surface area contributed by atoms with Gasteiger partial charge in [-0.15, -0.1) is 0 Å². The van der Waals surface area contributed by atoms with E-state index in [0.717, 1.165) is 55.1 Å². The summed E-state index contributed by atoms with van der Waals surface area (Å²) in [6.45, 7) is 2.33. The van der Waals surface area contributed by atoms with Crippen molar-refractivity contribution in [3.8, 4) is 0 Å². The predicted octanol–water partition coefficient (Wildman–Crippen LogP) is 4.49. The van der Waals surface area contributed by atoms with Gasteiger partial charge in [0.1, 0.15) is 5.60 Å². The average Bonchev–Trinajstić information content (AvgIpc) is 3.34. The molecule has 1 N–H and O–H groups in total. The Morgan fingerprint density at radius 1 is 1.22 bits per heavy atom. The predicted molar refractivity (Wildman–Crippen MR) is 101 cm³/mol. The molecule has 0 bridgehead atoms. The highest BCUT2D eigenvalue weighted by molar-refractivity contribution is 5.96. The molecule has 4 fully saturated rings. The summed E-state index contributed by atoms with van der Waals surface area (Å²) >= 11 is 0. The third kappa shape index (κ3) is 1.85. The summed E-state index contributed by atoms with van der Waals surface area (Å²) in [7, 11) is 0.